The number of nitrogens with zero attached hydrogens (tertiary/aromatic N) is 1. The van der Waals surface area contributed by atoms with Gasteiger partial charge in [0.25, 0.3) is 0 Å². The minimum atomic E-state index is 0.180. The number of carbonyl (C=O) groups is 1. The molecular formula is C15H16BrNOS. The largest absolute Gasteiger partial charge is 0.292 e. The monoisotopic (exact) mass is 337 g/mol. The molecule has 0 spiro atoms. The molecule has 2 nitrogen and oxygen atoms in total. The summed E-state index contributed by atoms with van der Waals surface area (Å²) in [6.07, 6.45) is 0. The maximum absolute atomic E-state index is 12.2. The molecule has 0 saturated heterocycles. The second-order valence-corrected chi connectivity index (χ2v) is 6.08. The molecule has 0 saturated carbocycles. The Kier molecular flexibility index (Phi) is 5.31. The zero-order chi connectivity index (χ0) is 13.7. The molecule has 1 aromatic heterocycles. The summed E-state index contributed by atoms with van der Waals surface area (Å²) in [4.78, 5) is 15.2. The van der Waals surface area contributed by atoms with Crippen molar-refractivity contribution in [3.63, 3.8) is 0 Å². The maximum Gasteiger partial charge on any atom is 0.187 e. The summed E-state index contributed by atoms with van der Waals surface area (Å²) in [5.41, 5.74) is 1.24. The number of thiophene rings is 1. The van der Waals surface area contributed by atoms with Crippen molar-refractivity contribution >= 4 is 33.0 Å². The van der Waals surface area contributed by atoms with E-state index in [0.717, 1.165) is 22.4 Å². The molecule has 0 aliphatic rings. The SMILES string of the molecule is CCN(CC(=O)c1sccc1Br)Cc1ccccc1. The van der Waals surface area contributed by atoms with Crippen molar-refractivity contribution in [1.29, 1.82) is 0 Å². The predicted octanol–water partition coefficient (Wildman–Crippen LogP) is 4.22. The first-order valence-corrected chi connectivity index (χ1v) is 7.90. The van der Waals surface area contributed by atoms with Crippen LogP contribution in [0.15, 0.2) is 46.3 Å². The van der Waals surface area contributed by atoms with Crippen LogP contribution in [0.25, 0.3) is 0 Å². The minimum Gasteiger partial charge on any atom is -0.292 e. The van der Waals surface area contributed by atoms with Gasteiger partial charge < -0.3 is 0 Å². The molecule has 2 aromatic rings. The Balaban J connectivity index is 2.00. The van der Waals surface area contributed by atoms with E-state index in [2.05, 4.69) is 39.9 Å². The van der Waals surface area contributed by atoms with Gasteiger partial charge in [0, 0.05) is 11.0 Å². The number of ketones is 1. The van der Waals surface area contributed by atoms with Crippen molar-refractivity contribution in [2.45, 2.75) is 13.5 Å². The predicted molar refractivity (Wildman–Crippen MR) is 83.7 cm³/mol. The molecule has 2 rings (SSSR count). The van der Waals surface area contributed by atoms with E-state index in [-0.39, 0.29) is 5.78 Å². The topological polar surface area (TPSA) is 20.3 Å². The lowest BCUT2D eigenvalue weighted by molar-refractivity contribution is 0.0933. The van der Waals surface area contributed by atoms with Crippen LogP contribution in [-0.4, -0.2) is 23.8 Å². The molecule has 0 amide bonds. The van der Waals surface area contributed by atoms with Gasteiger partial charge in [-0.1, -0.05) is 37.3 Å². The van der Waals surface area contributed by atoms with E-state index in [4.69, 9.17) is 0 Å². The number of Topliss-reactive ketones (excluding diaryl/α,β-unsaturated/α-hetero) is 1. The van der Waals surface area contributed by atoms with Crippen LogP contribution in [0.5, 0.6) is 0 Å². The van der Waals surface area contributed by atoms with Gasteiger partial charge in [0.1, 0.15) is 0 Å². The lowest BCUT2D eigenvalue weighted by Gasteiger charge is -2.19. The number of hydrogen-bond acceptors (Lipinski definition) is 3. The normalized spacial score (nSPS) is 10.9. The summed E-state index contributed by atoms with van der Waals surface area (Å²) in [5, 5.41) is 1.94. The third-order valence-electron chi connectivity index (χ3n) is 2.93. The van der Waals surface area contributed by atoms with Crippen LogP contribution in [0, 0.1) is 0 Å². The third-order valence-corrected chi connectivity index (χ3v) is 4.81. The van der Waals surface area contributed by atoms with Crippen molar-refractivity contribution in [1.82, 2.24) is 4.90 Å². The van der Waals surface area contributed by atoms with Gasteiger partial charge >= 0.3 is 0 Å². The Morgan fingerprint density at radius 1 is 1.26 bits per heavy atom. The van der Waals surface area contributed by atoms with Gasteiger partial charge in [-0.15, -0.1) is 11.3 Å². The van der Waals surface area contributed by atoms with Crippen molar-refractivity contribution in [3.05, 3.63) is 56.7 Å². The average Bonchev–Trinajstić information content (AvgIpc) is 2.85. The smallest absolute Gasteiger partial charge is 0.187 e. The molecule has 0 atom stereocenters. The van der Waals surface area contributed by atoms with Gasteiger partial charge in [0.05, 0.1) is 11.4 Å². The lowest BCUT2D eigenvalue weighted by atomic mass is 10.2. The van der Waals surface area contributed by atoms with Crippen molar-refractivity contribution < 1.29 is 4.79 Å². The molecule has 1 heterocycles. The molecule has 0 fully saturated rings. The minimum absolute atomic E-state index is 0.180. The highest BCUT2D eigenvalue weighted by Gasteiger charge is 2.15. The summed E-state index contributed by atoms with van der Waals surface area (Å²) in [7, 11) is 0. The van der Waals surface area contributed by atoms with E-state index in [0.29, 0.717) is 6.54 Å². The lowest BCUT2D eigenvalue weighted by Crippen LogP contribution is -2.29. The molecule has 0 N–H and O–H groups in total. The van der Waals surface area contributed by atoms with E-state index in [9.17, 15) is 4.79 Å². The van der Waals surface area contributed by atoms with Gasteiger partial charge in [-0.05, 0) is 39.5 Å². The third kappa shape index (κ3) is 4.00. The summed E-state index contributed by atoms with van der Waals surface area (Å²) in [5.74, 6) is 0.180. The van der Waals surface area contributed by atoms with Gasteiger partial charge in [-0.3, -0.25) is 9.69 Å². The molecule has 1 aromatic carbocycles. The Morgan fingerprint density at radius 3 is 2.58 bits per heavy atom. The number of carbonyl (C=O) groups excluding carboxylic acids is 1. The highest BCUT2D eigenvalue weighted by molar-refractivity contribution is 9.10. The summed E-state index contributed by atoms with van der Waals surface area (Å²) in [6.45, 7) is 4.22. The fraction of sp³-hybridized carbons (Fsp3) is 0.267. The Labute approximate surface area is 126 Å². The number of benzene rings is 1. The highest BCUT2D eigenvalue weighted by Crippen LogP contribution is 2.23. The van der Waals surface area contributed by atoms with Crippen LogP contribution < -0.4 is 0 Å². The summed E-state index contributed by atoms with van der Waals surface area (Å²) < 4.78 is 0.901. The summed E-state index contributed by atoms with van der Waals surface area (Å²) in [6, 6.07) is 12.2. The quantitative estimate of drug-likeness (QED) is 0.735. The zero-order valence-corrected chi connectivity index (χ0v) is 13.2. The van der Waals surface area contributed by atoms with Crippen LogP contribution in [-0.2, 0) is 6.54 Å². The van der Waals surface area contributed by atoms with E-state index in [1.807, 2.05) is 29.6 Å². The average molecular weight is 338 g/mol. The molecule has 0 aliphatic heterocycles. The Bertz CT molecular complexity index is 538. The molecule has 0 bridgehead atoms. The van der Waals surface area contributed by atoms with E-state index in [1.165, 1.54) is 16.9 Å². The molecule has 100 valence electrons. The van der Waals surface area contributed by atoms with Crippen LogP contribution in [0.1, 0.15) is 22.2 Å². The number of rotatable bonds is 6. The standard InChI is InChI=1S/C15H16BrNOS/c1-2-17(10-12-6-4-3-5-7-12)11-14(18)15-13(16)8-9-19-15/h3-9H,2,10-11H2,1H3. The second-order valence-electron chi connectivity index (χ2n) is 4.31. The molecular weight excluding hydrogens is 322 g/mol. The highest BCUT2D eigenvalue weighted by atomic mass is 79.9. The molecule has 19 heavy (non-hydrogen) atoms. The van der Waals surface area contributed by atoms with Gasteiger partial charge in [-0.25, -0.2) is 0 Å². The van der Waals surface area contributed by atoms with E-state index >= 15 is 0 Å². The maximum atomic E-state index is 12.2. The van der Waals surface area contributed by atoms with Crippen LogP contribution in [0.3, 0.4) is 0 Å². The number of likely N-dealkylation sites (N-methyl/N-ethyl adjacent to an activating group) is 1. The first-order chi connectivity index (χ1) is 9.20. The van der Waals surface area contributed by atoms with Gasteiger partial charge in [-0.2, -0.15) is 0 Å². The number of hydrogen-bond donors (Lipinski definition) is 0. The Morgan fingerprint density at radius 2 is 2.00 bits per heavy atom. The fourth-order valence-corrected chi connectivity index (χ4v) is 3.41. The first kappa shape index (κ1) is 14.4. The van der Waals surface area contributed by atoms with E-state index < -0.39 is 0 Å². The van der Waals surface area contributed by atoms with E-state index in [1.54, 1.807) is 0 Å². The molecule has 4 heteroatoms. The summed E-state index contributed by atoms with van der Waals surface area (Å²) >= 11 is 4.91. The van der Waals surface area contributed by atoms with Crippen LogP contribution >= 0.6 is 27.3 Å². The second kappa shape index (κ2) is 6.98. The van der Waals surface area contributed by atoms with Crippen molar-refractivity contribution in [3.8, 4) is 0 Å². The molecule has 0 aliphatic carbocycles. The first-order valence-electron chi connectivity index (χ1n) is 6.23. The van der Waals surface area contributed by atoms with Crippen LogP contribution in [0.2, 0.25) is 0 Å². The molecule has 0 radical (unpaired) electrons. The molecule has 0 unspecified atom stereocenters. The Hall–Kier alpha value is -0.970. The van der Waals surface area contributed by atoms with Gasteiger partial charge in [0.2, 0.25) is 0 Å². The van der Waals surface area contributed by atoms with Crippen LogP contribution in [0.4, 0.5) is 0 Å². The fourth-order valence-electron chi connectivity index (χ4n) is 1.89. The van der Waals surface area contributed by atoms with Crippen molar-refractivity contribution in [2.75, 3.05) is 13.1 Å². The number of halogens is 1. The van der Waals surface area contributed by atoms with Gasteiger partial charge in [0.15, 0.2) is 5.78 Å². The van der Waals surface area contributed by atoms with Crippen molar-refractivity contribution in [2.24, 2.45) is 0 Å². The zero-order valence-electron chi connectivity index (χ0n) is 10.8.